The Morgan fingerprint density at radius 2 is 1.70 bits per heavy atom. The monoisotopic (exact) mass is 299 g/mol. The molecule has 1 aromatic carbocycles. The van der Waals surface area contributed by atoms with Gasteiger partial charge in [-0.15, -0.1) is 6.58 Å². The zero-order valence-electron chi connectivity index (χ0n) is 10.3. The number of ether oxygens (including phenoxy) is 1. The van der Waals surface area contributed by atoms with Gasteiger partial charge < -0.3 is 10.5 Å². The number of hydrogen-bond donors (Lipinski definition) is 1. The zero-order valence-corrected chi connectivity index (χ0v) is 10.3. The van der Waals surface area contributed by atoms with Gasteiger partial charge in [0.2, 0.25) is 0 Å². The minimum Gasteiger partial charge on any atom is -0.496 e. The van der Waals surface area contributed by atoms with E-state index in [-0.39, 0.29) is 6.07 Å². The normalized spacial score (nSPS) is 14.0. The first-order chi connectivity index (χ1) is 9.02. The molecule has 0 amide bonds. The lowest BCUT2D eigenvalue weighted by Gasteiger charge is -2.21. The molecule has 0 saturated carbocycles. The quantitative estimate of drug-likeness (QED) is 0.678. The Hall–Kier alpha value is -1.70. The van der Waals surface area contributed by atoms with Crippen molar-refractivity contribution in [2.45, 2.75) is 18.4 Å². The minimum absolute atomic E-state index is 0.0151. The highest BCUT2D eigenvalue weighted by atomic mass is 19.4. The average molecular weight is 299 g/mol. The second-order valence-electron chi connectivity index (χ2n) is 3.90. The van der Waals surface area contributed by atoms with E-state index in [1.807, 2.05) is 0 Å². The van der Waals surface area contributed by atoms with E-state index in [2.05, 4.69) is 11.3 Å². The van der Waals surface area contributed by atoms with Crippen LogP contribution in [0.4, 0.5) is 26.3 Å². The maximum Gasteiger partial charge on any atom is 0.416 e. The van der Waals surface area contributed by atoms with Crippen LogP contribution in [0.25, 0.3) is 0 Å². The van der Waals surface area contributed by atoms with Gasteiger partial charge in [0.05, 0.1) is 24.3 Å². The van der Waals surface area contributed by atoms with Crippen LogP contribution < -0.4 is 10.5 Å². The summed E-state index contributed by atoms with van der Waals surface area (Å²) in [7, 11) is 0.967. The summed E-state index contributed by atoms with van der Waals surface area (Å²) in [6, 6.07) is -0.807. The lowest BCUT2D eigenvalue weighted by Crippen LogP contribution is -2.19. The molecule has 0 spiro atoms. The van der Waals surface area contributed by atoms with Gasteiger partial charge in [-0.3, -0.25) is 0 Å². The Morgan fingerprint density at radius 1 is 1.15 bits per heavy atom. The van der Waals surface area contributed by atoms with Crippen LogP contribution in [0.3, 0.4) is 0 Å². The van der Waals surface area contributed by atoms with Crippen molar-refractivity contribution in [3.05, 3.63) is 41.5 Å². The second-order valence-corrected chi connectivity index (χ2v) is 3.90. The van der Waals surface area contributed by atoms with Gasteiger partial charge in [-0.1, -0.05) is 6.08 Å². The Balaban J connectivity index is 3.70. The van der Waals surface area contributed by atoms with Crippen LogP contribution >= 0.6 is 0 Å². The number of hydrogen-bond acceptors (Lipinski definition) is 2. The molecule has 0 saturated heterocycles. The summed E-state index contributed by atoms with van der Waals surface area (Å²) >= 11 is 0. The third-order valence-electron chi connectivity index (χ3n) is 2.58. The van der Waals surface area contributed by atoms with Crippen molar-refractivity contribution in [1.29, 1.82) is 0 Å². The number of halogens is 6. The highest BCUT2D eigenvalue weighted by Gasteiger charge is 2.40. The largest absolute Gasteiger partial charge is 0.496 e. The third kappa shape index (κ3) is 3.24. The molecule has 0 aliphatic carbocycles. The van der Waals surface area contributed by atoms with Gasteiger partial charge in [0.1, 0.15) is 5.75 Å². The molecule has 1 atom stereocenters. The molecule has 0 heterocycles. The fraction of sp³-hybridized carbons (Fsp3) is 0.333. The highest BCUT2D eigenvalue weighted by molar-refractivity contribution is 5.49. The van der Waals surface area contributed by atoms with E-state index in [1.165, 1.54) is 0 Å². The van der Waals surface area contributed by atoms with Crippen LogP contribution in [0.15, 0.2) is 24.8 Å². The fourth-order valence-electron chi connectivity index (χ4n) is 1.66. The zero-order chi connectivity index (χ0) is 15.7. The minimum atomic E-state index is -5.00. The van der Waals surface area contributed by atoms with Gasteiger partial charge in [0.25, 0.3) is 0 Å². The van der Waals surface area contributed by atoms with Crippen LogP contribution in [0.2, 0.25) is 0 Å². The molecule has 1 aromatic rings. The van der Waals surface area contributed by atoms with E-state index in [0.29, 0.717) is 6.07 Å². The number of methoxy groups -OCH3 is 1. The predicted molar refractivity (Wildman–Crippen MR) is 60.1 cm³/mol. The lowest BCUT2D eigenvalue weighted by molar-refractivity contribution is -0.143. The van der Waals surface area contributed by atoms with Crippen LogP contribution in [0.5, 0.6) is 5.75 Å². The summed E-state index contributed by atoms with van der Waals surface area (Å²) in [6.07, 6.45) is -8.94. The average Bonchev–Trinajstić information content (AvgIpc) is 2.33. The molecule has 20 heavy (non-hydrogen) atoms. The number of nitrogens with two attached hydrogens (primary N) is 1. The van der Waals surface area contributed by atoms with Gasteiger partial charge >= 0.3 is 12.4 Å². The number of benzene rings is 1. The topological polar surface area (TPSA) is 35.2 Å². The first kappa shape index (κ1) is 16.4. The first-order valence-corrected chi connectivity index (χ1v) is 5.26. The number of rotatable bonds is 3. The maximum absolute atomic E-state index is 12.9. The van der Waals surface area contributed by atoms with E-state index in [4.69, 9.17) is 5.73 Å². The van der Waals surface area contributed by atoms with E-state index in [9.17, 15) is 26.3 Å². The summed E-state index contributed by atoms with van der Waals surface area (Å²) < 4.78 is 81.2. The summed E-state index contributed by atoms with van der Waals surface area (Å²) in [5.74, 6) is -0.584. The molecule has 0 aliphatic heterocycles. The molecule has 0 bridgehead atoms. The first-order valence-electron chi connectivity index (χ1n) is 5.26. The summed E-state index contributed by atoms with van der Waals surface area (Å²) in [6.45, 7) is 3.24. The lowest BCUT2D eigenvalue weighted by atomic mass is 9.96. The predicted octanol–water partition coefficient (Wildman–Crippen LogP) is 3.92. The molecule has 8 heteroatoms. The number of alkyl halides is 6. The molecule has 112 valence electrons. The molecule has 0 radical (unpaired) electrons. The molecular formula is C12H11F6NO. The van der Waals surface area contributed by atoms with Crippen molar-refractivity contribution in [1.82, 2.24) is 0 Å². The second kappa shape index (κ2) is 5.35. The third-order valence-corrected chi connectivity index (χ3v) is 2.58. The van der Waals surface area contributed by atoms with E-state index in [1.54, 1.807) is 0 Å². The summed E-state index contributed by atoms with van der Waals surface area (Å²) in [5.41, 5.74) is 1.92. The molecule has 2 N–H and O–H groups in total. The molecule has 0 unspecified atom stereocenters. The van der Waals surface area contributed by atoms with Gasteiger partial charge in [0.15, 0.2) is 0 Å². The van der Waals surface area contributed by atoms with Gasteiger partial charge in [-0.25, -0.2) is 0 Å². The summed E-state index contributed by atoms with van der Waals surface area (Å²) in [5, 5.41) is 0. The molecule has 1 rings (SSSR count). The van der Waals surface area contributed by atoms with Crippen molar-refractivity contribution in [3.63, 3.8) is 0 Å². The van der Waals surface area contributed by atoms with Crippen LogP contribution in [-0.4, -0.2) is 7.11 Å². The Morgan fingerprint density at radius 3 is 2.05 bits per heavy atom. The maximum atomic E-state index is 12.9. The molecular weight excluding hydrogens is 288 g/mol. The van der Waals surface area contributed by atoms with Gasteiger partial charge in [-0.2, -0.15) is 26.3 Å². The standard InChI is InChI=1S/C12H11F6NO/c1-3-8(19)10-7(12(16,17)18)4-6(11(13,14)15)5-9(10)20-2/h3-5,8H,1,19H2,2H3/t8-/m1/s1. The van der Waals surface area contributed by atoms with Crippen LogP contribution in [0, 0.1) is 0 Å². The SMILES string of the molecule is C=C[C@@H](N)c1c(OC)cc(C(F)(F)F)cc1C(F)(F)F. The van der Waals surface area contributed by atoms with Crippen molar-refractivity contribution >= 4 is 0 Å². The fourth-order valence-corrected chi connectivity index (χ4v) is 1.66. The van der Waals surface area contributed by atoms with Crippen molar-refractivity contribution < 1.29 is 31.1 Å². The smallest absolute Gasteiger partial charge is 0.416 e. The van der Waals surface area contributed by atoms with E-state index >= 15 is 0 Å². The van der Waals surface area contributed by atoms with E-state index < -0.39 is 40.8 Å². The summed E-state index contributed by atoms with van der Waals surface area (Å²) in [4.78, 5) is 0. The van der Waals surface area contributed by atoms with Crippen LogP contribution in [0.1, 0.15) is 22.7 Å². The molecule has 0 aliphatic rings. The Labute approximate surface area is 110 Å². The molecule has 2 nitrogen and oxygen atoms in total. The highest BCUT2D eigenvalue weighted by Crippen LogP contribution is 2.43. The Kier molecular flexibility index (Phi) is 4.38. The van der Waals surface area contributed by atoms with Crippen LogP contribution in [-0.2, 0) is 12.4 Å². The van der Waals surface area contributed by atoms with Crippen molar-refractivity contribution in [3.8, 4) is 5.75 Å². The Bertz CT molecular complexity index is 506. The van der Waals surface area contributed by atoms with E-state index in [0.717, 1.165) is 13.2 Å². The van der Waals surface area contributed by atoms with Crippen molar-refractivity contribution in [2.24, 2.45) is 5.73 Å². The van der Waals surface area contributed by atoms with Crippen molar-refractivity contribution in [2.75, 3.05) is 7.11 Å². The van der Waals surface area contributed by atoms with Gasteiger partial charge in [0, 0.05) is 5.56 Å². The molecule has 0 fully saturated rings. The van der Waals surface area contributed by atoms with Gasteiger partial charge in [-0.05, 0) is 12.1 Å². The molecule has 0 aromatic heterocycles.